The molecular formula is C10H11N3O2. The molecule has 0 amide bonds. The summed E-state index contributed by atoms with van der Waals surface area (Å²) < 4.78 is 4.86. The summed E-state index contributed by atoms with van der Waals surface area (Å²) in [7, 11) is 0. The number of aromatic nitrogens is 3. The van der Waals surface area contributed by atoms with Crippen LogP contribution in [0.2, 0.25) is 0 Å². The molecule has 15 heavy (non-hydrogen) atoms. The number of aliphatic hydroxyl groups is 1. The van der Waals surface area contributed by atoms with E-state index in [1.54, 1.807) is 13.1 Å². The number of pyridine rings is 1. The Labute approximate surface area is 86.8 Å². The lowest BCUT2D eigenvalue weighted by Crippen LogP contribution is -1.95. The highest BCUT2D eigenvalue weighted by atomic mass is 16.5. The Hall–Kier alpha value is -1.75. The average molecular weight is 205 g/mol. The summed E-state index contributed by atoms with van der Waals surface area (Å²) in [5.74, 6) is 0.769. The van der Waals surface area contributed by atoms with Crippen LogP contribution in [0.4, 0.5) is 0 Å². The van der Waals surface area contributed by atoms with Crippen LogP contribution in [0.5, 0.6) is 0 Å². The Bertz CT molecular complexity index is 425. The third kappa shape index (κ3) is 2.38. The van der Waals surface area contributed by atoms with Crippen molar-refractivity contribution in [2.45, 2.75) is 19.4 Å². The van der Waals surface area contributed by atoms with Crippen molar-refractivity contribution in [1.29, 1.82) is 0 Å². The number of aliphatic hydroxyl groups excluding tert-OH is 1. The molecule has 0 aliphatic rings. The van der Waals surface area contributed by atoms with Gasteiger partial charge in [-0.05, 0) is 19.1 Å². The second kappa shape index (κ2) is 4.18. The van der Waals surface area contributed by atoms with Gasteiger partial charge in [0.2, 0.25) is 0 Å². The maximum atomic E-state index is 9.19. The standard InChI is InChI=1S/C10H11N3O2/c1-7(14)10-12-9(13-15-10)6-8-4-2-3-5-11-8/h2-5,7,14H,6H2,1H3. The molecule has 0 radical (unpaired) electrons. The molecule has 78 valence electrons. The lowest BCUT2D eigenvalue weighted by Gasteiger charge is -1.94. The summed E-state index contributed by atoms with van der Waals surface area (Å²) in [6.45, 7) is 1.58. The van der Waals surface area contributed by atoms with Gasteiger partial charge in [-0.25, -0.2) is 0 Å². The predicted octanol–water partition coefficient (Wildman–Crippen LogP) is 1.11. The third-order valence-corrected chi connectivity index (χ3v) is 1.91. The maximum Gasteiger partial charge on any atom is 0.255 e. The van der Waals surface area contributed by atoms with Crippen LogP contribution in [-0.2, 0) is 6.42 Å². The summed E-state index contributed by atoms with van der Waals surface area (Å²) >= 11 is 0. The van der Waals surface area contributed by atoms with E-state index in [1.165, 1.54) is 0 Å². The van der Waals surface area contributed by atoms with Crippen LogP contribution in [0.3, 0.4) is 0 Å². The Morgan fingerprint density at radius 1 is 1.47 bits per heavy atom. The first kappa shape index (κ1) is 9.79. The molecule has 0 spiro atoms. The molecule has 1 unspecified atom stereocenters. The van der Waals surface area contributed by atoms with Gasteiger partial charge in [0, 0.05) is 11.9 Å². The Balaban J connectivity index is 2.12. The van der Waals surface area contributed by atoms with Crippen LogP contribution in [0.25, 0.3) is 0 Å². The average Bonchev–Trinajstić information content (AvgIpc) is 2.68. The predicted molar refractivity (Wildman–Crippen MR) is 52.0 cm³/mol. The van der Waals surface area contributed by atoms with E-state index >= 15 is 0 Å². The quantitative estimate of drug-likeness (QED) is 0.812. The first-order valence-corrected chi connectivity index (χ1v) is 4.66. The van der Waals surface area contributed by atoms with Crippen molar-refractivity contribution in [2.24, 2.45) is 0 Å². The number of hydrogen-bond donors (Lipinski definition) is 1. The van der Waals surface area contributed by atoms with Crippen LogP contribution in [0.15, 0.2) is 28.9 Å². The highest BCUT2D eigenvalue weighted by molar-refractivity contribution is 5.09. The smallest absolute Gasteiger partial charge is 0.255 e. The van der Waals surface area contributed by atoms with E-state index in [2.05, 4.69) is 15.1 Å². The van der Waals surface area contributed by atoms with Gasteiger partial charge in [0.15, 0.2) is 5.82 Å². The largest absolute Gasteiger partial charge is 0.384 e. The lowest BCUT2D eigenvalue weighted by molar-refractivity contribution is 0.151. The summed E-state index contributed by atoms with van der Waals surface area (Å²) in [5.41, 5.74) is 0.871. The van der Waals surface area contributed by atoms with E-state index < -0.39 is 6.10 Å². The molecule has 0 saturated carbocycles. The van der Waals surface area contributed by atoms with Gasteiger partial charge < -0.3 is 9.63 Å². The van der Waals surface area contributed by atoms with Gasteiger partial charge >= 0.3 is 0 Å². The van der Waals surface area contributed by atoms with Crippen LogP contribution >= 0.6 is 0 Å². The molecule has 0 aliphatic carbocycles. The lowest BCUT2D eigenvalue weighted by atomic mass is 10.2. The molecule has 1 atom stereocenters. The molecule has 0 aliphatic heterocycles. The summed E-state index contributed by atoms with van der Waals surface area (Å²) in [5, 5.41) is 12.9. The fourth-order valence-electron chi connectivity index (χ4n) is 1.17. The second-order valence-electron chi connectivity index (χ2n) is 3.22. The molecule has 2 aromatic rings. The Morgan fingerprint density at radius 3 is 2.93 bits per heavy atom. The zero-order chi connectivity index (χ0) is 10.7. The van der Waals surface area contributed by atoms with Crippen molar-refractivity contribution < 1.29 is 9.63 Å². The normalized spacial score (nSPS) is 12.7. The van der Waals surface area contributed by atoms with Crippen molar-refractivity contribution in [1.82, 2.24) is 15.1 Å². The minimum absolute atomic E-state index is 0.237. The highest BCUT2D eigenvalue weighted by Gasteiger charge is 2.11. The van der Waals surface area contributed by atoms with Gasteiger partial charge in [0.1, 0.15) is 6.10 Å². The van der Waals surface area contributed by atoms with Crippen molar-refractivity contribution >= 4 is 0 Å². The third-order valence-electron chi connectivity index (χ3n) is 1.91. The number of nitrogens with zero attached hydrogens (tertiary/aromatic N) is 3. The molecular weight excluding hydrogens is 194 g/mol. The van der Waals surface area contributed by atoms with Gasteiger partial charge in [-0.3, -0.25) is 4.98 Å². The van der Waals surface area contributed by atoms with Crippen LogP contribution in [0.1, 0.15) is 30.4 Å². The Morgan fingerprint density at radius 2 is 2.33 bits per heavy atom. The summed E-state index contributed by atoms with van der Waals surface area (Å²) in [6.07, 6.45) is 1.50. The molecule has 0 fully saturated rings. The zero-order valence-corrected chi connectivity index (χ0v) is 8.29. The van der Waals surface area contributed by atoms with Crippen LogP contribution < -0.4 is 0 Å². The molecule has 0 bridgehead atoms. The van der Waals surface area contributed by atoms with E-state index in [0.29, 0.717) is 12.2 Å². The van der Waals surface area contributed by atoms with E-state index in [4.69, 9.17) is 4.52 Å². The SMILES string of the molecule is CC(O)c1nc(Cc2ccccn2)no1. The number of rotatable bonds is 3. The highest BCUT2D eigenvalue weighted by Crippen LogP contribution is 2.10. The minimum Gasteiger partial charge on any atom is -0.384 e. The van der Waals surface area contributed by atoms with Crippen LogP contribution in [-0.4, -0.2) is 20.2 Å². The topological polar surface area (TPSA) is 72.0 Å². The van der Waals surface area contributed by atoms with Crippen molar-refractivity contribution in [2.75, 3.05) is 0 Å². The Kier molecular flexibility index (Phi) is 2.73. The van der Waals surface area contributed by atoms with Crippen molar-refractivity contribution in [3.05, 3.63) is 41.8 Å². The van der Waals surface area contributed by atoms with Gasteiger partial charge in [-0.15, -0.1) is 0 Å². The molecule has 0 aromatic carbocycles. The monoisotopic (exact) mass is 205 g/mol. The van der Waals surface area contributed by atoms with E-state index in [-0.39, 0.29) is 5.89 Å². The molecule has 0 saturated heterocycles. The minimum atomic E-state index is -0.727. The molecule has 2 heterocycles. The fraction of sp³-hybridized carbons (Fsp3) is 0.300. The van der Waals surface area contributed by atoms with Gasteiger partial charge in [-0.2, -0.15) is 4.98 Å². The van der Waals surface area contributed by atoms with E-state index in [0.717, 1.165) is 5.69 Å². The van der Waals surface area contributed by atoms with E-state index in [9.17, 15) is 5.11 Å². The molecule has 1 N–H and O–H groups in total. The van der Waals surface area contributed by atoms with Crippen molar-refractivity contribution in [3.63, 3.8) is 0 Å². The second-order valence-corrected chi connectivity index (χ2v) is 3.22. The summed E-state index contributed by atoms with van der Waals surface area (Å²) in [6, 6.07) is 5.64. The first-order valence-electron chi connectivity index (χ1n) is 4.66. The molecule has 2 aromatic heterocycles. The fourth-order valence-corrected chi connectivity index (χ4v) is 1.17. The molecule has 2 rings (SSSR count). The molecule has 5 heteroatoms. The molecule has 5 nitrogen and oxygen atoms in total. The van der Waals surface area contributed by atoms with Gasteiger partial charge in [0.05, 0.1) is 6.42 Å². The summed E-state index contributed by atoms with van der Waals surface area (Å²) in [4.78, 5) is 8.18. The van der Waals surface area contributed by atoms with Gasteiger partial charge in [0.25, 0.3) is 5.89 Å². The van der Waals surface area contributed by atoms with Gasteiger partial charge in [-0.1, -0.05) is 11.2 Å². The first-order chi connectivity index (χ1) is 7.25. The number of hydrogen-bond acceptors (Lipinski definition) is 5. The van der Waals surface area contributed by atoms with E-state index in [1.807, 2.05) is 18.2 Å². The maximum absolute atomic E-state index is 9.19. The van der Waals surface area contributed by atoms with Crippen LogP contribution in [0, 0.1) is 0 Å². The zero-order valence-electron chi connectivity index (χ0n) is 8.29. The van der Waals surface area contributed by atoms with Crippen molar-refractivity contribution in [3.8, 4) is 0 Å².